The number of hydrogen-bond acceptors (Lipinski definition) is 4. The van der Waals surface area contributed by atoms with Crippen LogP contribution in [0, 0.1) is 0 Å². The van der Waals surface area contributed by atoms with Crippen molar-refractivity contribution in [1.82, 2.24) is 20.5 Å². The molecule has 0 unspecified atom stereocenters. The van der Waals surface area contributed by atoms with Crippen molar-refractivity contribution in [1.29, 1.82) is 0 Å². The minimum atomic E-state index is -0.136. The summed E-state index contributed by atoms with van der Waals surface area (Å²) >= 11 is 5.91. The van der Waals surface area contributed by atoms with Gasteiger partial charge in [-0.05, 0) is 47.9 Å². The summed E-state index contributed by atoms with van der Waals surface area (Å²) in [5, 5.41) is 10.2. The summed E-state index contributed by atoms with van der Waals surface area (Å²) in [5.41, 5.74) is 3.99. The van der Waals surface area contributed by atoms with E-state index in [0.717, 1.165) is 17.5 Å². The number of halogens is 1. The second-order valence-electron chi connectivity index (χ2n) is 6.21. The lowest BCUT2D eigenvalue weighted by Crippen LogP contribution is -2.25. The van der Waals surface area contributed by atoms with Gasteiger partial charge in [0.15, 0.2) is 11.5 Å². The van der Waals surface area contributed by atoms with Crippen molar-refractivity contribution in [2.45, 2.75) is 12.8 Å². The van der Waals surface area contributed by atoms with Crippen LogP contribution in [0.4, 0.5) is 0 Å². The van der Waals surface area contributed by atoms with Gasteiger partial charge in [-0.15, -0.1) is 0 Å². The first kappa shape index (κ1) is 17.3. The Labute approximate surface area is 160 Å². The van der Waals surface area contributed by atoms with E-state index in [4.69, 9.17) is 16.0 Å². The molecule has 2 aromatic heterocycles. The molecule has 0 saturated heterocycles. The van der Waals surface area contributed by atoms with Gasteiger partial charge in [-0.25, -0.2) is 4.98 Å². The van der Waals surface area contributed by atoms with Crippen LogP contribution in [0.2, 0.25) is 5.02 Å². The highest BCUT2D eigenvalue weighted by molar-refractivity contribution is 6.30. The van der Waals surface area contributed by atoms with Crippen molar-refractivity contribution in [3.63, 3.8) is 0 Å². The summed E-state index contributed by atoms with van der Waals surface area (Å²) in [5.74, 6) is 0.465. The summed E-state index contributed by atoms with van der Waals surface area (Å²) < 4.78 is 5.78. The minimum absolute atomic E-state index is 0.136. The Balaban J connectivity index is 1.43. The number of nitrogens with zero attached hydrogens (tertiary/aromatic N) is 2. The standard InChI is InChI=1S/C20H17ClN4O2/c21-16-4-1-13(2-5-16)9-19-25-17-10-15(3-6-18(17)27-19)20(26)22-8-7-14-11-23-24-12-14/h1-6,10-12H,7-9H2,(H,22,26)(H,23,24). The lowest BCUT2D eigenvalue weighted by molar-refractivity contribution is 0.0954. The molecule has 6 nitrogen and oxygen atoms in total. The predicted octanol–water partition coefficient (Wildman–Crippen LogP) is 3.77. The number of carbonyl (C=O) groups is 1. The van der Waals surface area contributed by atoms with Crippen LogP contribution in [0.1, 0.15) is 27.4 Å². The Morgan fingerprint density at radius 1 is 1.15 bits per heavy atom. The molecule has 1 amide bonds. The van der Waals surface area contributed by atoms with Crippen LogP contribution in [-0.4, -0.2) is 27.6 Å². The second kappa shape index (κ2) is 7.63. The van der Waals surface area contributed by atoms with Crippen molar-refractivity contribution in [2.24, 2.45) is 0 Å². The van der Waals surface area contributed by atoms with Crippen LogP contribution in [0.25, 0.3) is 11.1 Å². The van der Waals surface area contributed by atoms with E-state index in [-0.39, 0.29) is 5.91 Å². The van der Waals surface area contributed by atoms with E-state index >= 15 is 0 Å². The fourth-order valence-corrected chi connectivity index (χ4v) is 2.93. The van der Waals surface area contributed by atoms with Gasteiger partial charge < -0.3 is 9.73 Å². The molecule has 0 aliphatic heterocycles. The third kappa shape index (κ3) is 4.17. The topological polar surface area (TPSA) is 83.8 Å². The molecule has 4 aromatic rings. The average molecular weight is 381 g/mol. The Morgan fingerprint density at radius 3 is 2.78 bits per heavy atom. The molecule has 0 fully saturated rings. The number of aromatic nitrogens is 3. The predicted molar refractivity (Wildman–Crippen MR) is 103 cm³/mol. The largest absolute Gasteiger partial charge is 0.440 e. The molecule has 0 radical (unpaired) electrons. The normalized spacial score (nSPS) is 11.0. The number of nitrogens with one attached hydrogen (secondary N) is 2. The molecule has 0 aliphatic rings. The van der Waals surface area contributed by atoms with Gasteiger partial charge in [0.1, 0.15) is 5.52 Å². The quantitative estimate of drug-likeness (QED) is 0.533. The van der Waals surface area contributed by atoms with E-state index in [1.165, 1.54) is 0 Å². The van der Waals surface area contributed by atoms with Crippen molar-refractivity contribution >= 4 is 28.6 Å². The van der Waals surface area contributed by atoms with Gasteiger partial charge in [-0.3, -0.25) is 9.89 Å². The van der Waals surface area contributed by atoms with E-state index in [9.17, 15) is 4.79 Å². The molecule has 0 bridgehead atoms. The number of oxazole rings is 1. The van der Waals surface area contributed by atoms with Gasteiger partial charge in [0.25, 0.3) is 5.91 Å². The molecule has 27 heavy (non-hydrogen) atoms. The highest BCUT2D eigenvalue weighted by atomic mass is 35.5. The number of amides is 1. The van der Waals surface area contributed by atoms with Crippen molar-refractivity contribution in [3.05, 3.63) is 82.5 Å². The number of carbonyl (C=O) groups excluding carboxylic acids is 1. The third-order valence-corrected chi connectivity index (χ3v) is 4.47. The van der Waals surface area contributed by atoms with Crippen molar-refractivity contribution in [3.8, 4) is 0 Å². The molecule has 0 spiro atoms. The van der Waals surface area contributed by atoms with Gasteiger partial charge in [0, 0.05) is 29.7 Å². The number of benzene rings is 2. The molecule has 0 aliphatic carbocycles. The minimum Gasteiger partial charge on any atom is -0.440 e. The Hall–Kier alpha value is -3.12. The second-order valence-corrected chi connectivity index (χ2v) is 6.64. The van der Waals surface area contributed by atoms with Crippen LogP contribution < -0.4 is 5.32 Å². The first-order chi connectivity index (χ1) is 13.2. The molecule has 0 atom stereocenters. The van der Waals surface area contributed by atoms with Crippen LogP contribution in [0.5, 0.6) is 0 Å². The fourth-order valence-electron chi connectivity index (χ4n) is 2.81. The lowest BCUT2D eigenvalue weighted by Gasteiger charge is -2.03. The third-order valence-electron chi connectivity index (χ3n) is 4.22. The highest BCUT2D eigenvalue weighted by Gasteiger charge is 2.11. The lowest BCUT2D eigenvalue weighted by atomic mass is 10.1. The van der Waals surface area contributed by atoms with Crippen LogP contribution in [0.3, 0.4) is 0 Å². The van der Waals surface area contributed by atoms with Crippen LogP contribution in [0.15, 0.2) is 59.3 Å². The number of hydrogen-bond donors (Lipinski definition) is 2. The number of rotatable bonds is 6. The SMILES string of the molecule is O=C(NCCc1cn[nH]c1)c1ccc2oc(Cc3ccc(Cl)cc3)nc2c1. The summed E-state index contributed by atoms with van der Waals surface area (Å²) in [7, 11) is 0. The van der Waals surface area contributed by atoms with Crippen molar-refractivity contribution < 1.29 is 9.21 Å². The number of H-pyrrole nitrogens is 1. The summed E-state index contributed by atoms with van der Waals surface area (Å²) in [4.78, 5) is 16.8. The van der Waals surface area contributed by atoms with Gasteiger partial charge in [-0.1, -0.05) is 23.7 Å². The maximum atomic E-state index is 12.3. The highest BCUT2D eigenvalue weighted by Crippen LogP contribution is 2.20. The van der Waals surface area contributed by atoms with Gasteiger partial charge in [-0.2, -0.15) is 5.10 Å². The molecular formula is C20H17ClN4O2. The zero-order valence-electron chi connectivity index (χ0n) is 14.4. The Kier molecular flexibility index (Phi) is 4.89. The maximum Gasteiger partial charge on any atom is 0.251 e. The molecular weight excluding hydrogens is 364 g/mol. The monoisotopic (exact) mass is 380 g/mol. The van der Waals surface area contributed by atoms with E-state index in [1.54, 1.807) is 24.4 Å². The van der Waals surface area contributed by atoms with Gasteiger partial charge in [0.2, 0.25) is 0 Å². The Bertz CT molecular complexity index is 1060. The van der Waals surface area contributed by atoms with E-state index in [0.29, 0.717) is 40.5 Å². The molecule has 2 N–H and O–H groups in total. The average Bonchev–Trinajstić information content (AvgIpc) is 3.32. The summed E-state index contributed by atoms with van der Waals surface area (Å²) in [6.07, 6.45) is 4.85. The van der Waals surface area contributed by atoms with Gasteiger partial charge >= 0.3 is 0 Å². The Morgan fingerprint density at radius 2 is 2.00 bits per heavy atom. The molecule has 7 heteroatoms. The van der Waals surface area contributed by atoms with E-state index in [2.05, 4.69) is 20.5 Å². The smallest absolute Gasteiger partial charge is 0.251 e. The number of aromatic amines is 1. The molecule has 2 heterocycles. The zero-order chi connectivity index (χ0) is 18.6. The first-order valence-electron chi connectivity index (χ1n) is 8.57. The zero-order valence-corrected chi connectivity index (χ0v) is 15.2. The van der Waals surface area contributed by atoms with Crippen LogP contribution in [-0.2, 0) is 12.8 Å². The summed E-state index contributed by atoms with van der Waals surface area (Å²) in [6, 6.07) is 12.8. The number of fused-ring (bicyclic) bond motifs is 1. The molecule has 0 saturated carbocycles. The molecule has 2 aromatic carbocycles. The first-order valence-corrected chi connectivity index (χ1v) is 8.95. The van der Waals surface area contributed by atoms with E-state index < -0.39 is 0 Å². The van der Waals surface area contributed by atoms with Crippen LogP contribution >= 0.6 is 11.6 Å². The summed E-state index contributed by atoms with van der Waals surface area (Å²) in [6.45, 7) is 0.539. The fraction of sp³-hybridized carbons (Fsp3) is 0.150. The maximum absolute atomic E-state index is 12.3. The molecule has 136 valence electrons. The van der Waals surface area contributed by atoms with Gasteiger partial charge in [0.05, 0.1) is 6.20 Å². The van der Waals surface area contributed by atoms with E-state index in [1.807, 2.05) is 30.5 Å². The van der Waals surface area contributed by atoms with Crippen molar-refractivity contribution in [2.75, 3.05) is 6.54 Å². The molecule has 4 rings (SSSR count).